The maximum atomic E-state index is 11.5. The monoisotopic (exact) mass is 372 g/mol. The Balaban J connectivity index is 2.18. The molecular weight excluding hydrogens is 352 g/mol. The Morgan fingerprint density at radius 1 is 1.12 bits per heavy atom. The van der Waals surface area contributed by atoms with Crippen molar-refractivity contribution in [3.05, 3.63) is 57.1 Å². The lowest BCUT2D eigenvalue weighted by Crippen LogP contribution is -2.39. The SMILES string of the molecule is CC1CC(C)CN(c2ccc([N+](=O)[O-])cc2-c2cc(Cl)ccc2C=O)C1. The molecular formula is C20H21ClN2O3. The summed E-state index contributed by atoms with van der Waals surface area (Å²) in [6.07, 6.45) is 1.92. The molecule has 0 bridgehead atoms. The highest BCUT2D eigenvalue weighted by Gasteiger charge is 2.25. The van der Waals surface area contributed by atoms with E-state index < -0.39 is 4.92 Å². The summed E-state index contributed by atoms with van der Waals surface area (Å²) in [5.74, 6) is 1.07. The Bertz CT molecular complexity index is 843. The number of piperidine rings is 1. The molecule has 0 aromatic heterocycles. The Morgan fingerprint density at radius 3 is 2.42 bits per heavy atom. The number of nitro benzene ring substituents is 1. The summed E-state index contributed by atoms with van der Waals surface area (Å²) in [5.41, 5.74) is 2.66. The molecule has 5 nitrogen and oxygen atoms in total. The van der Waals surface area contributed by atoms with Gasteiger partial charge in [0.25, 0.3) is 5.69 Å². The lowest BCUT2D eigenvalue weighted by atomic mass is 9.90. The van der Waals surface area contributed by atoms with Gasteiger partial charge in [0.1, 0.15) is 0 Å². The van der Waals surface area contributed by atoms with Crippen molar-refractivity contribution in [1.82, 2.24) is 0 Å². The second kappa shape index (κ2) is 7.46. The second-order valence-electron chi connectivity index (χ2n) is 7.16. The van der Waals surface area contributed by atoms with Gasteiger partial charge < -0.3 is 4.90 Å². The van der Waals surface area contributed by atoms with Crippen LogP contribution in [0.1, 0.15) is 30.6 Å². The maximum Gasteiger partial charge on any atom is 0.270 e. The van der Waals surface area contributed by atoms with Crippen molar-refractivity contribution in [1.29, 1.82) is 0 Å². The first-order valence-electron chi connectivity index (χ1n) is 8.67. The molecule has 0 N–H and O–H groups in total. The number of rotatable bonds is 4. The zero-order valence-corrected chi connectivity index (χ0v) is 15.6. The van der Waals surface area contributed by atoms with Gasteiger partial charge in [0.15, 0.2) is 6.29 Å². The van der Waals surface area contributed by atoms with Crippen molar-refractivity contribution in [3.63, 3.8) is 0 Å². The summed E-state index contributed by atoms with van der Waals surface area (Å²) in [4.78, 5) is 24.7. The smallest absolute Gasteiger partial charge is 0.270 e. The van der Waals surface area contributed by atoms with Crippen molar-refractivity contribution in [3.8, 4) is 11.1 Å². The van der Waals surface area contributed by atoms with Crippen LogP contribution in [0.2, 0.25) is 5.02 Å². The normalized spacial score (nSPS) is 20.0. The average molecular weight is 373 g/mol. The lowest BCUT2D eigenvalue weighted by Gasteiger charge is -2.37. The van der Waals surface area contributed by atoms with Gasteiger partial charge in [0.2, 0.25) is 0 Å². The molecule has 1 heterocycles. The van der Waals surface area contributed by atoms with E-state index in [-0.39, 0.29) is 5.69 Å². The van der Waals surface area contributed by atoms with Crippen LogP contribution in [0.4, 0.5) is 11.4 Å². The number of non-ortho nitro benzene ring substituents is 1. The largest absolute Gasteiger partial charge is 0.370 e. The maximum absolute atomic E-state index is 11.5. The number of hydrogen-bond donors (Lipinski definition) is 0. The molecule has 1 aliphatic rings. The summed E-state index contributed by atoms with van der Waals surface area (Å²) in [6, 6.07) is 9.84. The standard InChI is InChI=1S/C20H21ClN2O3/c1-13-7-14(2)11-22(10-13)20-6-5-17(23(25)26)9-19(20)18-8-16(21)4-3-15(18)12-24/h3-6,8-9,12-14H,7,10-11H2,1-2H3. The molecule has 1 aliphatic heterocycles. The van der Waals surface area contributed by atoms with E-state index in [0.29, 0.717) is 33.5 Å². The number of anilines is 1. The van der Waals surface area contributed by atoms with E-state index in [1.54, 1.807) is 24.3 Å². The zero-order chi connectivity index (χ0) is 18.8. The van der Waals surface area contributed by atoms with E-state index in [2.05, 4.69) is 18.7 Å². The molecule has 0 spiro atoms. The molecule has 0 amide bonds. The first-order chi connectivity index (χ1) is 12.4. The van der Waals surface area contributed by atoms with Crippen molar-refractivity contribution in [2.24, 2.45) is 11.8 Å². The fourth-order valence-corrected chi connectivity index (χ4v) is 4.03. The minimum atomic E-state index is -0.417. The Labute approximate surface area is 157 Å². The number of nitrogens with zero attached hydrogens (tertiary/aromatic N) is 2. The number of aldehydes is 1. The van der Waals surface area contributed by atoms with Crippen LogP contribution in [-0.4, -0.2) is 24.3 Å². The first-order valence-corrected chi connectivity index (χ1v) is 9.05. The minimum absolute atomic E-state index is 0.00122. The summed E-state index contributed by atoms with van der Waals surface area (Å²) in [6.45, 7) is 6.19. The first kappa shape index (κ1) is 18.4. The third kappa shape index (κ3) is 3.73. The Kier molecular flexibility index (Phi) is 5.28. The van der Waals surface area contributed by atoms with Crippen LogP contribution in [0.5, 0.6) is 0 Å². The predicted molar refractivity (Wildman–Crippen MR) is 104 cm³/mol. The van der Waals surface area contributed by atoms with Crippen molar-refractivity contribution < 1.29 is 9.72 Å². The lowest BCUT2D eigenvalue weighted by molar-refractivity contribution is -0.384. The molecule has 26 heavy (non-hydrogen) atoms. The number of hydrogen-bond acceptors (Lipinski definition) is 4. The van der Waals surface area contributed by atoms with Crippen LogP contribution in [-0.2, 0) is 0 Å². The second-order valence-corrected chi connectivity index (χ2v) is 7.60. The quantitative estimate of drug-likeness (QED) is 0.420. The summed E-state index contributed by atoms with van der Waals surface area (Å²) in [5, 5.41) is 11.8. The van der Waals surface area contributed by atoms with Crippen molar-refractivity contribution in [2.75, 3.05) is 18.0 Å². The number of benzene rings is 2. The van der Waals surface area contributed by atoms with Gasteiger partial charge in [-0.2, -0.15) is 0 Å². The minimum Gasteiger partial charge on any atom is -0.370 e. The third-order valence-electron chi connectivity index (χ3n) is 4.83. The molecule has 3 rings (SSSR count). The van der Waals surface area contributed by atoms with E-state index in [4.69, 9.17) is 11.6 Å². The van der Waals surface area contributed by atoms with Gasteiger partial charge in [0.05, 0.1) is 4.92 Å². The zero-order valence-electron chi connectivity index (χ0n) is 14.8. The molecule has 2 aromatic carbocycles. The van der Waals surface area contributed by atoms with E-state index in [9.17, 15) is 14.9 Å². The van der Waals surface area contributed by atoms with Crippen LogP contribution in [0.15, 0.2) is 36.4 Å². The predicted octanol–water partition coefficient (Wildman–Crippen LogP) is 5.21. The van der Waals surface area contributed by atoms with Crippen LogP contribution in [0.25, 0.3) is 11.1 Å². The molecule has 0 radical (unpaired) electrons. The van der Waals surface area contributed by atoms with Gasteiger partial charge in [0, 0.05) is 47.1 Å². The highest BCUT2D eigenvalue weighted by Crippen LogP contribution is 2.39. The topological polar surface area (TPSA) is 63.4 Å². The average Bonchev–Trinajstić information content (AvgIpc) is 2.60. The van der Waals surface area contributed by atoms with Gasteiger partial charge in [-0.15, -0.1) is 0 Å². The Hall–Kier alpha value is -2.40. The van der Waals surface area contributed by atoms with E-state index in [1.165, 1.54) is 12.1 Å². The van der Waals surface area contributed by atoms with Crippen molar-refractivity contribution in [2.45, 2.75) is 20.3 Å². The molecule has 136 valence electrons. The highest BCUT2D eigenvalue weighted by atomic mass is 35.5. The van der Waals surface area contributed by atoms with Gasteiger partial charge in [-0.1, -0.05) is 25.4 Å². The molecule has 1 fully saturated rings. The molecule has 0 aliphatic carbocycles. The van der Waals surface area contributed by atoms with Crippen molar-refractivity contribution >= 4 is 29.3 Å². The number of carbonyl (C=O) groups excluding carboxylic acids is 1. The van der Waals surface area contributed by atoms with E-state index >= 15 is 0 Å². The van der Waals surface area contributed by atoms with Crippen LogP contribution in [0.3, 0.4) is 0 Å². The summed E-state index contributed by atoms with van der Waals surface area (Å²) < 4.78 is 0. The van der Waals surface area contributed by atoms with E-state index in [0.717, 1.165) is 31.5 Å². The van der Waals surface area contributed by atoms with Gasteiger partial charge >= 0.3 is 0 Å². The molecule has 6 heteroatoms. The molecule has 2 aromatic rings. The van der Waals surface area contributed by atoms with Crippen LogP contribution < -0.4 is 4.90 Å². The van der Waals surface area contributed by atoms with Crippen LogP contribution in [0, 0.1) is 22.0 Å². The molecule has 0 saturated carbocycles. The van der Waals surface area contributed by atoms with Crippen LogP contribution >= 0.6 is 11.6 Å². The number of carbonyl (C=O) groups is 1. The van der Waals surface area contributed by atoms with Gasteiger partial charge in [-0.3, -0.25) is 14.9 Å². The summed E-state index contributed by atoms with van der Waals surface area (Å²) >= 11 is 6.15. The highest BCUT2D eigenvalue weighted by molar-refractivity contribution is 6.31. The van der Waals surface area contributed by atoms with Gasteiger partial charge in [-0.25, -0.2) is 0 Å². The molecule has 2 atom stereocenters. The molecule has 1 saturated heterocycles. The number of nitro groups is 1. The summed E-state index contributed by atoms with van der Waals surface area (Å²) in [7, 11) is 0. The van der Waals surface area contributed by atoms with Gasteiger partial charge in [-0.05, 0) is 48.1 Å². The fraction of sp³-hybridized carbons (Fsp3) is 0.350. The third-order valence-corrected chi connectivity index (χ3v) is 5.07. The fourth-order valence-electron chi connectivity index (χ4n) is 3.85. The number of halogens is 1. The Morgan fingerprint density at radius 2 is 1.81 bits per heavy atom. The molecule has 2 unspecified atom stereocenters. The van der Waals surface area contributed by atoms with E-state index in [1.807, 2.05) is 0 Å².